The van der Waals surface area contributed by atoms with E-state index in [2.05, 4.69) is 44.7 Å². The molecular formula is C20H29N5O2. The van der Waals surface area contributed by atoms with Gasteiger partial charge in [-0.05, 0) is 53.6 Å². The van der Waals surface area contributed by atoms with E-state index >= 15 is 0 Å². The van der Waals surface area contributed by atoms with Gasteiger partial charge in [-0.3, -0.25) is 4.90 Å². The van der Waals surface area contributed by atoms with Crippen LogP contribution in [0.5, 0.6) is 0 Å². The van der Waals surface area contributed by atoms with Crippen LogP contribution in [0, 0.1) is 11.8 Å². The summed E-state index contributed by atoms with van der Waals surface area (Å²) in [6.45, 7) is 5.38. The summed E-state index contributed by atoms with van der Waals surface area (Å²) in [5.41, 5.74) is 1.33. The van der Waals surface area contributed by atoms with E-state index in [1.807, 2.05) is 10.7 Å². The van der Waals surface area contributed by atoms with Crippen molar-refractivity contribution in [1.29, 1.82) is 0 Å². The molecule has 2 fully saturated rings. The van der Waals surface area contributed by atoms with Crippen LogP contribution in [0.25, 0.3) is 0 Å². The number of piperidine rings is 1. The molecule has 0 radical (unpaired) electrons. The lowest BCUT2D eigenvalue weighted by Crippen LogP contribution is -2.41. The van der Waals surface area contributed by atoms with Crippen molar-refractivity contribution in [2.24, 2.45) is 11.8 Å². The summed E-state index contributed by atoms with van der Waals surface area (Å²) in [4.78, 5) is 2.38. The Bertz CT molecular complexity index is 701. The van der Waals surface area contributed by atoms with Gasteiger partial charge in [0.25, 0.3) is 0 Å². The lowest BCUT2D eigenvalue weighted by Gasteiger charge is -2.37. The first kappa shape index (κ1) is 18.5. The fourth-order valence-corrected chi connectivity index (χ4v) is 4.43. The Morgan fingerprint density at radius 2 is 1.93 bits per heavy atom. The molecule has 1 N–H and O–H groups in total. The zero-order chi connectivity index (χ0) is 18.5. The topological polar surface area (TPSA) is 76.3 Å². The summed E-state index contributed by atoms with van der Waals surface area (Å²) in [5, 5.41) is 22.4. The highest BCUT2D eigenvalue weighted by Crippen LogP contribution is 2.33. The fraction of sp³-hybridized carbons (Fsp3) is 0.650. The molecule has 1 aromatic carbocycles. The number of tetrazole rings is 1. The average Bonchev–Trinajstić information content (AvgIpc) is 3.16. The van der Waals surface area contributed by atoms with E-state index in [4.69, 9.17) is 4.74 Å². The highest BCUT2D eigenvalue weighted by Gasteiger charge is 2.30. The van der Waals surface area contributed by atoms with E-state index in [-0.39, 0.29) is 12.5 Å². The molecule has 2 atom stereocenters. The molecule has 7 heteroatoms. The molecule has 2 saturated heterocycles. The third-order valence-electron chi connectivity index (χ3n) is 6.02. The van der Waals surface area contributed by atoms with Gasteiger partial charge in [0.15, 0.2) is 5.82 Å². The van der Waals surface area contributed by atoms with Crippen LogP contribution in [0.2, 0.25) is 0 Å². The van der Waals surface area contributed by atoms with E-state index in [1.54, 1.807) is 0 Å². The van der Waals surface area contributed by atoms with Crippen molar-refractivity contribution in [1.82, 2.24) is 25.1 Å². The number of ether oxygens (including phenoxy) is 1. The van der Waals surface area contributed by atoms with Crippen LogP contribution in [0.3, 0.4) is 0 Å². The monoisotopic (exact) mass is 371 g/mol. The first-order valence-corrected chi connectivity index (χ1v) is 10.0. The number of rotatable bonds is 6. The third kappa shape index (κ3) is 4.54. The Balaban J connectivity index is 1.37. The maximum absolute atomic E-state index is 9.95. The zero-order valence-electron chi connectivity index (χ0n) is 15.8. The summed E-state index contributed by atoms with van der Waals surface area (Å²) in [6.07, 6.45) is 3.21. The maximum Gasteiger partial charge on any atom is 0.165 e. The molecule has 0 unspecified atom stereocenters. The van der Waals surface area contributed by atoms with Crippen LogP contribution in [-0.4, -0.2) is 63.1 Å². The van der Waals surface area contributed by atoms with Gasteiger partial charge in [-0.25, -0.2) is 4.68 Å². The van der Waals surface area contributed by atoms with Crippen molar-refractivity contribution in [3.05, 3.63) is 41.7 Å². The number of aliphatic hydroxyl groups excluding tert-OH is 1. The molecule has 2 aliphatic heterocycles. The number of hydrogen-bond acceptors (Lipinski definition) is 6. The van der Waals surface area contributed by atoms with Gasteiger partial charge < -0.3 is 9.84 Å². The van der Waals surface area contributed by atoms with Gasteiger partial charge in [-0.15, -0.1) is 5.10 Å². The van der Waals surface area contributed by atoms with E-state index in [0.29, 0.717) is 11.8 Å². The van der Waals surface area contributed by atoms with E-state index in [1.165, 1.54) is 5.56 Å². The van der Waals surface area contributed by atoms with Crippen molar-refractivity contribution < 1.29 is 9.84 Å². The van der Waals surface area contributed by atoms with Gasteiger partial charge >= 0.3 is 0 Å². The van der Waals surface area contributed by atoms with Crippen LogP contribution in [0.4, 0.5) is 0 Å². The first-order chi connectivity index (χ1) is 13.3. The molecule has 0 amide bonds. The van der Waals surface area contributed by atoms with Crippen LogP contribution in [-0.2, 0) is 17.8 Å². The minimum atomic E-state index is 0.211. The Morgan fingerprint density at radius 1 is 1.11 bits per heavy atom. The molecule has 27 heavy (non-hydrogen) atoms. The number of aromatic nitrogens is 4. The molecular weight excluding hydrogens is 342 g/mol. The summed E-state index contributed by atoms with van der Waals surface area (Å²) >= 11 is 0. The quantitative estimate of drug-likeness (QED) is 0.833. The molecule has 0 bridgehead atoms. The lowest BCUT2D eigenvalue weighted by atomic mass is 9.81. The predicted octanol–water partition coefficient (Wildman–Crippen LogP) is 1.70. The Hall–Kier alpha value is -1.83. The SMILES string of the molecule is OC[C@H]1CN(Cc2nnnn2CC2CCOCC2)CC[C@H]1c1ccccc1. The molecule has 2 aliphatic rings. The average molecular weight is 371 g/mol. The van der Waals surface area contributed by atoms with Crippen molar-refractivity contribution in [2.45, 2.75) is 38.3 Å². The number of nitrogens with zero attached hydrogens (tertiary/aromatic N) is 5. The summed E-state index contributed by atoms with van der Waals surface area (Å²) in [6, 6.07) is 10.6. The normalized spacial score (nSPS) is 24.9. The third-order valence-corrected chi connectivity index (χ3v) is 6.02. The van der Waals surface area contributed by atoms with Gasteiger partial charge in [-0.2, -0.15) is 0 Å². The zero-order valence-corrected chi connectivity index (χ0v) is 15.8. The molecule has 0 spiro atoms. The highest BCUT2D eigenvalue weighted by atomic mass is 16.5. The summed E-state index contributed by atoms with van der Waals surface area (Å²) in [7, 11) is 0. The van der Waals surface area contributed by atoms with Crippen LogP contribution < -0.4 is 0 Å². The summed E-state index contributed by atoms with van der Waals surface area (Å²) < 4.78 is 7.41. The molecule has 4 rings (SSSR count). The smallest absolute Gasteiger partial charge is 0.165 e. The maximum atomic E-state index is 9.95. The van der Waals surface area contributed by atoms with Crippen molar-refractivity contribution >= 4 is 0 Å². The van der Waals surface area contributed by atoms with Crippen molar-refractivity contribution in [3.63, 3.8) is 0 Å². The molecule has 0 aliphatic carbocycles. The number of hydrogen-bond donors (Lipinski definition) is 1. The molecule has 146 valence electrons. The van der Waals surface area contributed by atoms with Crippen LogP contribution in [0.1, 0.15) is 36.6 Å². The fourth-order valence-electron chi connectivity index (χ4n) is 4.43. The first-order valence-electron chi connectivity index (χ1n) is 10.0. The Labute approximate surface area is 160 Å². The van der Waals surface area contributed by atoms with E-state index in [9.17, 15) is 5.11 Å². The van der Waals surface area contributed by atoms with E-state index < -0.39 is 0 Å². The van der Waals surface area contributed by atoms with Gasteiger partial charge in [-0.1, -0.05) is 30.3 Å². The molecule has 1 aromatic heterocycles. The standard InChI is InChI=1S/C20H29N5O2/c26-15-18-13-24(9-6-19(18)17-4-2-1-3-5-17)14-20-21-22-23-25(20)12-16-7-10-27-11-8-16/h1-5,16,18-19,26H,6-15H2/t18-,19+/m1/s1. The van der Waals surface area contributed by atoms with Crippen molar-refractivity contribution in [2.75, 3.05) is 32.9 Å². The van der Waals surface area contributed by atoms with Gasteiger partial charge in [0.1, 0.15) is 0 Å². The molecule has 7 nitrogen and oxygen atoms in total. The predicted molar refractivity (Wildman–Crippen MR) is 101 cm³/mol. The minimum Gasteiger partial charge on any atom is -0.396 e. The number of benzene rings is 1. The molecule has 0 saturated carbocycles. The number of aliphatic hydroxyl groups is 1. The number of likely N-dealkylation sites (tertiary alicyclic amines) is 1. The van der Waals surface area contributed by atoms with Crippen LogP contribution in [0.15, 0.2) is 30.3 Å². The van der Waals surface area contributed by atoms with Gasteiger partial charge in [0.2, 0.25) is 0 Å². The van der Waals surface area contributed by atoms with Crippen molar-refractivity contribution in [3.8, 4) is 0 Å². The minimum absolute atomic E-state index is 0.211. The highest BCUT2D eigenvalue weighted by molar-refractivity contribution is 5.21. The molecule has 3 heterocycles. The second kappa shape index (κ2) is 8.91. The second-order valence-electron chi connectivity index (χ2n) is 7.82. The Kier molecular flexibility index (Phi) is 6.11. The second-order valence-corrected chi connectivity index (χ2v) is 7.82. The van der Waals surface area contributed by atoms with Crippen LogP contribution >= 0.6 is 0 Å². The van der Waals surface area contributed by atoms with Gasteiger partial charge in [0.05, 0.1) is 6.54 Å². The summed E-state index contributed by atoms with van der Waals surface area (Å²) in [5.74, 6) is 2.19. The van der Waals surface area contributed by atoms with E-state index in [0.717, 1.165) is 64.5 Å². The molecule has 2 aromatic rings. The Morgan fingerprint density at radius 3 is 2.70 bits per heavy atom. The lowest BCUT2D eigenvalue weighted by molar-refractivity contribution is 0.0587. The van der Waals surface area contributed by atoms with Gasteiger partial charge in [0, 0.05) is 38.8 Å². The largest absolute Gasteiger partial charge is 0.396 e.